The summed E-state index contributed by atoms with van der Waals surface area (Å²) in [7, 11) is 0. The van der Waals surface area contributed by atoms with Crippen LogP contribution in [0, 0.1) is 13.8 Å². The van der Waals surface area contributed by atoms with Gasteiger partial charge in [-0.15, -0.1) is 11.3 Å². The van der Waals surface area contributed by atoms with Gasteiger partial charge >= 0.3 is 0 Å². The van der Waals surface area contributed by atoms with E-state index in [9.17, 15) is 0 Å². The standard InChI is InChI=1S/C16H23N3S/c1-5-9-17-15(13-8-7-11(3)18-10-13)16-19-14(6-2)12(4)20-16/h7-8,10,15,17H,5-6,9H2,1-4H3. The Morgan fingerprint density at radius 2 is 2.05 bits per heavy atom. The van der Waals surface area contributed by atoms with Crippen LogP contribution in [0.2, 0.25) is 0 Å². The monoisotopic (exact) mass is 289 g/mol. The Hall–Kier alpha value is -1.26. The summed E-state index contributed by atoms with van der Waals surface area (Å²) >= 11 is 1.80. The number of aromatic nitrogens is 2. The molecule has 0 saturated carbocycles. The van der Waals surface area contributed by atoms with Gasteiger partial charge in [0.2, 0.25) is 0 Å². The molecule has 0 aliphatic rings. The number of nitrogens with one attached hydrogen (secondary N) is 1. The third-order valence-corrected chi connectivity index (χ3v) is 4.44. The molecule has 0 spiro atoms. The van der Waals surface area contributed by atoms with Crippen LogP contribution in [0.15, 0.2) is 18.3 Å². The maximum Gasteiger partial charge on any atom is 0.115 e. The molecule has 2 heterocycles. The molecule has 2 rings (SSSR count). The number of nitrogens with zero attached hydrogens (tertiary/aromatic N) is 2. The van der Waals surface area contributed by atoms with E-state index in [1.54, 1.807) is 11.3 Å². The predicted octanol–water partition coefficient (Wildman–Crippen LogP) is 3.81. The molecule has 0 bridgehead atoms. The number of aryl methyl sites for hydroxylation is 3. The second-order valence-corrected chi connectivity index (χ2v) is 6.26. The van der Waals surface area contributed by atoms with Gasteiger partial charge in [0.15, 0.2) is 0 Å². The van der Waals surface area contributed by atoms with E-state index in [1.807, 2.05) is 13.1 Å². The first-order valence-corrected chi connectivity index (χ1v) is 8.09. The summed E-state index contributed by atoms with van der Waals surface area (Å²) in [5.41, 5.74) is 3.46. The van der Waals surface area contributed by atoms with Crippen molar-refractivity contribution in [3.63, 3.8) is 0 Å². The zero-order valence-corrected chi connectivity index (χ0v) is 13.5. The SMILES string of the molecule is CCCNC(c1ccc(C)nc1)c1nc(CC)c(C)s1. The van der Waals surface area contributed by atoms with Crippen molar-refractivity contribution >= 4 is 11.3 Å². The molecule has 4 heteroatoms. The quantitative estimate of drug-likeness (QED) is 0.879. The molecule has 0 aromatic carbocycles. The fourth-order valence-electron chi connectivity index (χ4n) is 2.19. The Morgan fingerprint density at radius 1 is 1.25 bits per heavy atom. The van der Waals surface area contributed by atoms with E-state index in [-0.39, 0.29) is 6.04 Å². The molecule has 0 saturated heterocycles. The zero-order valence-electron chi connectivity index (χ0n) is 12.7. The van der Waals surface area contributed by atoms with Gasteiger partial charge in [0.25, 0.3) is 0 Å². The average molecular weight is 289 g/mol. The van der Waals surface area contributed by atoms with E-state index in [1.165, 1.54) is 16.1 Å². The van der Waals surface area contributed by atoms with Crippen LogP contribution in [0.1, 0.15) is 53.1 Å². The van der Waals surface area contributed by atoms with Crippen molar-refractivity contribution in [2.24, 2.45) is 0 Å². The Balaban J connectivity index is 2.33. The van der Waals surface area contributed by atoms with E-state index < -0.39 is 0 Å². The largest absolute Gasteiger partial charge is 0.304 e. The lowest BCUT2D eigenvalue weighted by Gasteiger charge is -2.16. The fraction of sp³-hybridized carbons (Fsp3) is 0.500. The van der Waals surface area contributed by atoms with E-state index in [0.29, 0.717) is 0 Å². The van der Waals surface area contributed by atoms with Crippen LogP contribution in [0.4, 0.5) is 0 Å². The van der Waals surface area contributed by atoms with Crippen molar-refractivity contribution in [2.45, 2.75) is 46.6 Å². The van der Waals surface area contributed by atoms with Crippen molar-refractivity contribution < 1.29 is 0 Å². The van der Waals surface area contributed by atoms with Gasteiger partial charge in [-0.05, 0) is 44.9 Å². The first-order valence-electron chi connectivity index (χ1n) is 7.27. The Morgan fingerprint density at radius 3 is 2.60 bits per heavy atom. The van der Waals surface area contributed by atoms with Crippen LogP contribution in [-0.2, 0) is 6.42 Å². The van der Waals surface area contributed by atoms with Gasteiger partial charge in [-0.3, -0.25) is 4.98 Å². The minimum absolute atomic E-state index is 0.159. The number of hydrogen-bond donors (Lipinski definition) is 1. The van der Waals surface area contributed by atoms with E-state index in [0.717, 1.165) is 30.1 Å². The lowest BCUT2D eigenvalue weighted by molar-refractivity contribution is 0.593. The van der Waals surface area contributed by atoms with Crippen molar-refractivity contribution in [3.8, 4) is 0 Å². The van der Waals surface area contributed by atoms with Crippen LogP contribution in [-0.4, -0.2) is 16.5 Å². The molecular formula is C16H23N3S. The predicted molar refractivity (Wildman–Crippen MR) is 85.3 cm³/mol. The highest BCUT2D eigenvalue weighted by molar-refractivity contribution is 7.11. The maximum absolute atomic E-state index is 4.81. The van der Waals surface area contributed by atoms with Gasteiger partial charge < -0.3 is 5.32 Å². The molecule has 0 aliphatic heterocycles. The summed E-state index contributed by atoms with van der Waals surface area (Å²) in [6.07, 6.45) is 4.07. The molecule has 0 aliphatic carbocycles. The van der Waals surface area contributed by atoms with Crippen LogP contribution in [0.5, 0.6) is 0 Å². The second-order valence-electron chi connectivity index (χ2n) is 5.03. The molecule has 1 N–H and O–H groups in total. The van der Waals surface area contributed by atoms with Gasteiger partial charge in [-0.2, -0.15) is 0 Å². The number of thiazole rings is 1. The first-order chi connectivity index (χ1) is 9.65. The summed E-state index contributed by atoms with van der Waals surface area (Å²) < 4.78 is 0. The smallest absolute Gasteiger partial charge is 0.115 e. The van der Waals surface area contributed by atoms with Crippen LogP contribution in [0.3, 0.4) is 0 Å². The molecule has 108 valence electrons. The molecule has 1 unspecified atom stereocenters. The molecule has 0 amide bonds. The lowest BCUT2D eigenvalue weighted by Crippen LogP contribution is -2.23. The number of rotatable bonds is 6. The average Bonchev–Trinajstić information content (AvgIpc) is 2.82. The minimum atomic E-state index is 0.159. The molecular weight excluding hydrogens is 266 g/mol. The van der Waals surface area contributed by atoms with Gasteiger partial charge in [-0.1, -0.05) is 19.9 Å². The third kappa shape index (κ3) is 3.44. The van der Waals surface area contributed by atoms with Crippen molar-refractivity contribution in [2.75, 3.05) is 6.54 Å². The third-order valence-electron chi connectivity index (χ3n) is 3.36. The minimum Gasteiger partial charge on any atom is -0.304 e. The zero-order chi connectivity index (χ0) is 14.5. The van der Waals surface area contributed by atoms with Crippen molar-refractivity contribution in [1.29, 1.82) is 0 Å². The Labute approximate surface area is 125 Å². The Bertz CT molecular complexity index is 545. The van der Waals surface area contributed by atoms with Crippen LogP contribution >= 0.6 is 11.3 Å². The summed E-state index contributed by atoms with van der Waals surface area (Å²) in [5, 5.41) is 4.75. The molecule has 2 aromatic rings. The molecule has 2 aromatic heterocycles. The topological polar surface area (TPSA) is 37.8 Å². The normalized spacial score (nSPS) is 12.6. The fourth-order valence-corrected chi connectivity index (χ4v) is 3.30. The Kier molecular flexibility index (Phi) is 5.26. The number of hydrogen-bond acceptors (Lipinski definition) is 4. The molecule has 20 heavy (non-hydrogen) atoms. The van der Waals surface area contributed by atoms with Crippen LogP contribution in [0.25, 0.3) is 0 Å². The summed E-state index contributed by atoms with van der Waals surface area (Å²) in [6.45, 7) is 9.50. The first kappa shape index (κ1) is 15.1. The van der Waals surface area contributed by atoms with Crippen molar-refractivity contribution in [3.05, 3.63) is 45.2 Å². The highest BCUT2D eigenvalue weighted by Gasteiger charge is 2.18. The molecule has 3 nitrogen and oxygen atoms in total. The summed E-state index contributed by atoms with van der Waals surface area (Å²) in [5.74, 6) is 0. The summed E-state index contributed by atoms with van der Waals surface area (Å²) in [4.78, 5) is 10.6. The van der Waals surface area contributed by atoms with Gasteiger partial charge in [0, 0.05) is 16.8 Å². The summed E-state index contributed by atoms with van der Waals surface area (Å²) in [6, 6.07) is 4.38. The molecule has 0 radical (unpaired) electrons. The highest BCUT2D eigenvalue weighted by atomic mass is 32.1. The van der Waals surface area contributed by atoms with E-state index in [2.05, 4.69) is 43.2 Å². The molecule has 1 atom stereocenters. The molecule has 0 fully saturated rings. The lowest BCUT2D eigenvalue weighted by atomic mass is 10.1. The highest BCUT2D eigenvalue weighted by Crippen LogP contribution is 2.28. The van der Waals surface area contributed by atoms with Crippen LogP contribution < -0.4 is 5.32 Å². The van der Waals surface area contributed by atoms with E-state index >= 15 is 0 Å². The van der Waals surface area contributed by atoms with Gasteiger partial charge in [0.05, 0.1) is 11.7 Å². The second kappa shape index (κ2) is 6.95. The van der Waals surface area contributed by atoms with Crippen molar-refractivity contribution in [1.82, 2.24) is 15.3 Å². The van der Waals surface area contributed by atoms with E-state index in [4.69, 9.17) is 4.98 Å². The maximum atomic E-state index is 4.81. The number of pyridine rings is 1. The van der Waals surface area contributed by atoms with Gasteiger partial charge in [-0.25, -0.2) is 4.98 Å². The van der Waals surface area contributed by atoms with Gasteiger partial charge in [0.1, 0.15) is 5.01 Å².